The van der Waals surface area contributed by atoms with E-state index in [1.807, 2.05) is 23.1 Å². The topological polar surface area (TPSA) is 150 Å². The number of pyridine rings is 2. The SMILES string of the molecule is C=CCn1c(=O)c2cnc(Nc3ccc(C4CCN(CC5CCN(c6ccc(NC7CCC(=O)NC7=O)cc6C(F)(F)F)CC5)CC4)cc3)cc2n1-c1cccc(C(C)(C)O)n1. The number of rotatable bonds is 12. The van der Waals surface area contributed by atoms with E-state index in [0.29, 0.717) is 53.2 Å². The van der Waals surface area contributed by atoms with E-state index < -0.39 is 29.3 Å². The van der Waals surface area contributed by atoms with Crippen LogP contribution in [0.15, 0.2) is 90.4 Å². The predicted octanol–water partition coefficient (Wildman–Crippen LogP) is 7.07. The first-order valence-corrected chi connectivity index (χ1v) is 21.2. The van der Waals surface area contributed by atoms with Crippen molar-refractivity contribution in [2.24, 2.45) is 5.92 Å². The van der Waals surface area contributed by atoms with E-state index in [4.69, 9.17) is 0 Å². The Balaban J connectivity index is 0.854. The van der Waals surface area contributed by atoms with Crippen LogP contribution in [0.1, 0.15) is 75.1 Å². The summed E-state index contributed by atoms with van der Waals surface area (Å²) in [5, 5.41) is 19.6. The van der Waals surface area contributed by atoms with Crippen LogP contribution in [0.5, 0.6) is 0 Å². The molecule has 0 saturated carbocycles. The molecule has 3 aliphatic rings. The van der Waals surface area contributed by atoms with E-state index in [0.717, 1.165) is 57.1 Å². The molecule has 0 aliphatic carbocycles. The van der Waals surface area contributed by atoms with E-state index in [2.05, 4.69) is 49.5 Å². The number of fused-ring (bicyclic) bond motifs is 1. The number of imide groups is 1. The van der Waals surface area contributed by atoms with Crippen LogP contribution in [-0.4, -0.2) is 79.9 Å². The first-order chi connectivity index (χ1) is 29.6. The predicted molar refractivity (Wildman–Crippen MR) is 233 cm³/mol. The van der Waals surface area contributed by atoms with Gasteiger partial charge in [-0.25, -0.2) is 19.3 Å². The van der Waals surface area contributed by atoms with Crippen LogP contribution < -0.4 is 26.4 Å². The Morgan fingerprint density at radius 3 is 2.32 bits per heavy atom. The fourth-order valence-corrected chi connectivity index (χ4v) is 8.95. The van der Waals surface area contributed by atoms with E-state index >= 15 is 0 Å². The van der Waals surface area contributed by atoms with Gasteiger partial charge in [0.2, 0.25) is 11.8 Å². The van der Waals surface area contributed by atoms with Crippen molar-refractivity contribution in [2.45, 2.75) is 82.7 Å². The third kappa shape index (κ3) is 9.26. The monoisotopic (exact) mass is 851 g/mol. The second-order valence-corrected chi connectivity index (χ2v) is 17.1. The molecule has 5 aromatic rings. The number of allylic oxidation sites excluding steroid dienone is 1. The van der Waals surface area contributed by atoms with Crippen molar-refractivity contribution in [2.75, 3.05) is 48.3 Å². The molecule has 2 aromatic carbocycles. The van der Waals surface area contributed by atoms with Gasteiger partial charge < -0.3 is 25.5 Å². The number of alkyl halides is 3. The maximum Gasteiger partial charge on any atom is 0.418 e. The zero-order chi connectivity index (χ0) is 43.8. The molecule has 326 valence electrons. The van der Waals surface area contributed by atoms with Gasteiger partial charge in [0.1, 0.15) is 17.5 Å². The molecule has 3 aliphatic heterocycles. The van der Waals surface area contributed by atoms with Crippen molar-refractivity contribution in [3.63, 3.8) is 0 Å². The number of hydrogen-bond acceptors (Lipinski definition) is 10. The van der Waals surface area contributed by atoms with Gasteiger partial charge in [0.25, 0.3) is 5.56 Å². The molecule has 13 nitrogen and oxygen atoms in total. The van der Waals surface area contributed by atoms with Crippen LogP contribution >= 0.6 is 0 Å². The van der Waals surface area contributed by atoms with Gasteiger partial charge in [-0.3, -0.25) is 19.7 Å². The minimum absolute atomic E-state index is 0.133. The van der Waals surface area contributed by atoms with Crippen molar-refractivity contribution >= 4 is 45.6 Å². The molecule has 3 aromatic heterocycles. The van der Waals surface area contributed by atoms with Crippen molar-refractivity contribution in [1.82, 2.24) is 29.5 Å². The molecule has 3 fully saturated rings. The highest BCUT2D eigenvalue weighted by Crippen LogP contribution is 2.40. The quantitative estimate of drug-likeness (QED) is 0.0759. The summed E-state index contributed by atoms with van der Waals surface area (Å²) >= 11 is 0. The number of aliphatic hydroxyl groups is 1. The van der Waals surface area contributed by atoms with Crippen molar-refractivity contribution in [3.05, 3.63) is 113 Å². The fraction of sp³-hybridized carbons (Fsp3) is 0.413. The number of halogens is 3. The van der Waals surface area contributed by atoms with Crippen molar-refractivity contribution in [3.8, 4) is 5.82 Å². The van der Waals surface area contributed by atoms with E-state index in [-0.39, 0.29) is 42.2 Å². The number of carbonyl (C=O) groups is 2. The minimum Gasteiger partial charge on any atom is -0.384 e. The highest BCUT2D eigenvalue weighted by atomic mass is 19.4. The Morgan fingerprint density at radius 1 is 0.919 bits per heavy atom. The van der Waals surface area contributed by atoms with Crippen molar-refractivity contribution < 1.29 is 27.9 Å². The molecule has 8 rings (SSSR count). The molecule has 2 amide bonds. The summed E-state index contributed by atoms with van der Waals surface area (Å²) in [6.07, 6.45) is 2.63. The average Bonchev–Trinajstić information content (AvgIpc) is 3.52. The molecular weight excluding hydrogens is 800 g/mol. The van der Waals surface area contributed by atoms with Crippen LogP contribution in [0.25, 0.3) is 16.7 Å². The Labute approximate surface area is 357 Å². The second kappa shape index (κ2) is 17.4. The van der Waals surface area contributed by atoms with E-state index in [1.165, 1.54) is 11.6 Å². The highest BCUT2D eigenvalue weighted by Gasteiger charge is 2.37. The van der Waals surface area contributed by atoms with Crippen molar-refractivity contribution in [1.29, 1.82) is 0 Å². The highest BCUT2D eigenvalue weighted by molar-refractivity contribution is 6.01. The zero-order valence-corrected chi connectivity index (χ0v) is 34.9. The van der Waals surface area contributed by atoms with Gasteiger partial charge >= 0.3 is 6.18 Å². The number of nitrogens with zero attached hydrogens (tertiary/aromatic N) is 6. The number of hydrogen-bond donors (Lipinski definition) is 4. The molecule has 0 bridgehead atoms. The van der Waals surface area contributed by atoms with Crippen LogP contribution in [0.2, 0.25) is 0 Å². The molecule has 3 saturated heterocycles. The molecule has 6 heterocycles. The smallest absolute Gasteiger partial charge is 0.384 e. The maximum absolute atomic E-state index is 14.3. The molecule has 1 unspecified atom stereocenters. The lowest BCUT2D eigenvalue weighted by atomic mass is 9.88. The minimum atomic E-state index is -4.57. The molecule has 4 N–H and O–H groups in total. The number of carbonyl (C=O) groups excluding carboxylic acids is 2. The summed E-state index contributed by atoms with van der Waals surface area (Å²) in [6.45, 7) is 11.3. The zero-order valence-electron chi connectivity index (χ0n) is 34.9. The number of anilines is 4. The number of likely N-dealkylation sites (tertiary alicyclic amines) is 1. The van der Waals surface area contributed by atoms with Gasteiger partial charge in [-0.05, 0) is 119 Å². The number of amides is 2. The maximum atomic E-state index is 14.3. The molecule has 1 atom stereocenters. The standard InChI is InChI=1S/C46H52F3N9O4/c1-4-20-57-44(61)34-27-50-40(26-38(34)58(57)41-7-5-6-39(53-41)45(2,3)62)52-32-10-8-30(9-11-32)31-18-21-55(22-19-31)28-29-16-23-56(24-17-29)37-14-12-33(25-35(37)46(47,48)49)51-36-13-15-42(59)54-43(36)60/h4-12,14,25-27,29,31,36,51,62H,1,13,15-24,28H2,2-3H3,(H,50,52)(H,54,59,60). The molecular formula is C46H52F3N9O4. The van der Waals surface area contributed by atoms with Crippen LogP contribution in [0, 0.1) is 5.92 Å². The number of benzene rings is 2. The lowest BCUT2D eigenvalue weighted by Crippen LogP contribution is -2.47. The third-order valence-electron chi connectivity index (χ3n) is 12.3. The van der Waals surface area contributed by atoms with Gasteiger partial charge in [-0.15, -0.1) is 6.58 Å². The summed E-state index contributed by atoms with van der Waals surface area (Å²) < 4.78 is 46.2. The van der Waals surface area contributed by atoms with Gasteiger partial charge in [-0.2, -0.15) is 13.2 Å². The summed E-state index contributed by atoms with van der Waals surface area (Å²) in [5.41, 5.74) is 1.43. The molecule has 62 heavy (non-hydrogen) atoms. The number of nitrogens with one attached hydrogen (secondary N) is 3. The summed E-state index contributed by atoms with van der Waals surface area (Å²) in [7, 11) is 0. The normalized spacial score (nSPS) is 18.5. The Kier molecular flexibility index (Phi) is 12.0. The second-order valence-electron chi connectivity index (χ2n) is 17.1. The summed E-state index contributed by atoms with van der Waals surface area (Å²) in [6, 6.07) is 18.9. The lowest BCUT2D eigenvalue weighted by Gasteiger charge is -2.39. The number of piperidine rings is 3. The summed E-state index contributed by atoms with van der Waals surface area (Å²) in [4.78, 5) is 50.7. The lowest BCUT2D eigenvalue weighted by molar-refractivity contribution is -0.137. The largest absolute Gasteiger partial charge is 0.418 e. The van der Waals surface area contributed by atoms with Crippen LogP contribution in [-0.2, 0) is 27.9 Å². The van der Waals surface area contributed by atoms with E-state index in [9.17, 15) is 32.7 Å². The van der Waals surface area contributed by atoms with Crippen LogP contribution in [0.4, 0.5) is 36.1 Å². The Morgan fingerprint density at radius 2 is 1.65 bits per heavy atom. The van der Waals surface area contributed by atoms with Gasteiger partial charge in [0.15, 0.2) is 5.82 Å². The third-order valence-corrected chi connectivity index (χ3v) is 12.3. The molecule has 0 radical (unpaired) electrons. The molecule has 16 heteroatoms. The first kappa shape index (κ1) is 42.7. The van der Waals surface area contributed by atoms with Gasteiger partial charge in [0, 0.05) is 55.4 Å². The molecule has 0 spiro atoms. The Hall–Kier alpha value is -6.00. The fourth-order valence-electron chi connectivity index (χ4n) is 8.95. The van der Waals surface area contributed by atoms with Crippen LogP contribution in [0.3, 0.4) is 0 Å². The first-order valence-electron chi connectivity index (χ1n) is 21.2. The average molecular weight is 852 g/mol. The summed E-state index contributed by atoms with van der Waals surface area (Å²) in [5.74, 6) is 0.944. The van der Waals surface area contributed by atoms with E-state index in [1.54, 1.807) is 59.7 Å². The Bertz CT molecular complexity index is 2510. The number of aromatic nitrogens is 4. The van der Waals surface area contributed by atoms with Gasteiger partial charge in [-0.1, -0.05) is 24.3 Å². The van der Waals surface area contributed by atoms with Gasteiger partial charge in [0.05, 0.1) is 28.7 Å².